The van der Waals surface area contributed by atoms with Gasteiger partial charge in [0.2, 0.25) is 0 Å². The Morgan fingerprint density at radius 3 is 1.71 bits per heavy atom. The number of hydrogen-bond acceptors (Lipinski definition) is 0. The molecule has 0 aliphatic rings. The molecule has 2 rings (SSSR count). The summed E-state index contributed by atoms with van der Waals surface area (Å²) in [6.45, 7) is 13.5. The zero-order chi connectivity index (χ0) is 17.5. The maximum absolute atomic E-state index is 4.02. The second kappa shape index (κ2) is 9.00. The second-order valence-corrected chi connectivity index (χ2v) is 9.97. The summed E-state index contributed by atoms with van der Waals surface area (Å²) in [5, 5.41) is 1.54. The summed E-state index contributed by atoms with van der Waals surface area (Å²) >= 11 is 0. The molecule has 0 unspecified atom stereocenters. The van der Waals surface area contributed by atoms with Crippen molar-refractivity contribution in [1.29, 1.82) is 0 Å². The fourth-order valence-corrected chi connectivity index (χ4v) is 6.53. The Morgan fingerprint density at radius 1 is 0.833 bits per heavy atom. The lowest BCUT2D eigenvalue weighted by Crippen LogP contribution is -2.07. The molecule has 24 heavy (non-hydrogen) atoms. The minimum Gasteiger partial charge on any atom is -0.103 e. The minimum absolute atomic E-state index is 0.261. The highest BCUT2D eigenvalue weighted by atomic mass is 31.1. The van der Waals surface area contributed by atoms with Crippen LogP contribution in [0.2, 0.25) is 0 Å². The van der Waals surface area contributed by atoms with Gasteiger partial charge in [-0.25, -0.2) is 0 Å². The summed E-state index contributed by atoms with van der Waals surface area (Å²) in [5.74, 6) is 0. The van der Waals surface area contributed by atoms with Gasteiger partial charge in [-0.2, -0.15) is 0 Å². The monoisotopic (exact) mass is 336 g/mol. The Hall–Kier alpha value is -1.65. The van der Waals surface area contributed by atoms with Gasteiger partial charge in [0.1, 0.15) is 0 Å². The fraction of sp³-hybridized carbons (Fsp3) is 0.304. The number of rotatable bonds is 7. The number of allylic oxidation sites excluding steroid dienone is 2. The van der Waals surface area contributed by atoms with Crippen LogP contribution in [-0.4, -0.2) is 11.3 Å². The largest absolute Gasteiger partial charge is 0.103 e. The molecule has 0 amide bonds. The van der Waals surface area contributed by atoms with Gasteiger partial charge in [-0.1, -0.05) is 102 Å². The first kappa shape index (κ1) is 18.7. The summed E-state index contributed by atoms with van der Waals surface area (Å²) < 4.78 is 0. The highest BCUT2D eigenvalue weighted by molar-refractivity contribution is 7.70. The van der Waals surface area contributed by atoms with E-state index in [4.69, 9.17) is 0 Å². The van der Waals surface area contributed by atoms with E-state index >= 15 is 0 Å². The van der Waals surface area contributed by atoms with Crippen molar-refractivity contribution in [3.63, 3.8) is 0 Å². The predicted octanol–water partition coefficient (Wildman–Crippen LogP) is 7.43. The molecule has 126 valence electrons. The van der Waals surface area contributed by atoms with Crippen LogP contribution in [0.5, 0.6) is 0 Å². The molecule has 2 aromatic carbocycles. The van der Waals surface area contributed by atoms with E-state index in [9.17, 15) is 0 Å². The van der Waals surface area contributed by atoms with E-state index in [1.807, 2.05) is 6.08 Å². The molecule has 0 nitrogen and oxygen atoms in total. The van der Waals surface area contributed by atoms with E-state index in [1.165, 1.54) is 16.7 Å². The highest BCUT2D eigenvalue weighted by Gasteiger charge is 2.25. The van der Waals surface area contributed by atoms with E-state index in [2.05, 4.69) is 94.9 Å². The van der Waals surface area contributed by atoms with Crippen LogP contribution < -0.4 is 0 Å². The maximum atomic E-state index is 4.02. The SMILES string of the molecule is C=CC/C(=C(/c1ccccc1)P(C(C)C)C(C)C)c1ccccc1. The molecule has 0 spiro atoms. The van der Waals surface area contributed by atoms with Crippen LogP contribution in [0.25, 0.3) is 10.9 Å². The van der Waals surface area contributed by atoms with E-state index in [1.54, 1.807) is 5.31 Å². The lowest BCUT2D eigenvalue weighted by Gasteiger charge is -2.31. The molecule has 0 aromatic heterocycles. The van der Waals surface area contributed by atoms with Gasteiger partial charge in [0.25, 0.3) is 0 Å². The van der Waals surface area contributed by atoms with Crippen molar-refractivity contribution >= 4 is 18.8 Å². The van der Waals surface area contributed by atoms with Crippen molar-refractivity contribution in [1.82, 2.24) is 0 Å². The van der Waals surface area contributed by atoms with Crippen molar-refractivity contribution in [2.24, 2.45) is 0 Å². The van der Waals surface area contributed by atoms with Gasteiger partial charge < -0.3 is 0 Å². The van der Waals surface area contributed by atoms with Crippen LogP contribution in [0.15, 0.2) is 73.3 Å². The normalized spacial score (nSPS) is 12.6. The predicted molar refractivity (Wildman–Crippen MR) is 112 cm³/mol. The van der Waals surface area contributed by atoms with Crippen molar-refractivity contribution in [2.75, 3.05) is 0 Å². The Kier molecular flexibility index (Phi) is 7.00. The molecule has 1 heteroatoms. The molecule has 0 atom stereocenters. The smallest absolute Gasteiger partial charge is 0.00876 e. The Morgan fingerprint density at radius 2 is 1.29 bits per heavy atom. The first-order chi connectivity index (χ1) is 11.6. The van der Waals surface area contributed by atoms with E-state index < -0.39 is 0 Å². The van der Waals surface area contributed by atoms with Crippen molar-refractivity contribution in [3.8, 4) is 0 Å². The summed E-state index contributed by atoms with van der Waals surface area (Å²) in [4.78, 5) is 0. The van der Waals surface area contributed by atoms with Crippen LogP contribution in [0.3, 0.4) is 0 Å². The van der Waals surface area contributed by atoms with Crippen molar-refractivity contribution < 1.29 is 0 Å². The third-order valence-electron chi connectivity index (χ3n) is 4.17. The van der Waals surface area contributed by atoms with Crippen molar-refractivity contribution in [3.05, 3.63) is 84.4 Å². The van der Waals surface area contributed by atoms with Crippen LogP contribution in [-0.2, 0) is 0 Å². The van der Waals surface area contributed by atoms with Gasteiger partial charge in [-0.05, 0) is 39.8 Å². The zero-order valence-electron chi connectivity index (χ0n) is 15.4. The number of benzene rings is 2. The molecule has 0 bridgehead atoms. The molecule has 0 saturated heterocycles. The van der Waals surface area contributed by atoms with Gasteiger partial charge in [-0.15, -0.1) is 6.58 Å². The Balaban J connectivity index is 2.76. The molecule has 0 aliphatic carbocycles. The topological polar surface area (TPSA) is 0 Å². The van der Waals surface area contributed by atoms with E-state index in [-0.39, 0.29) is 7.92 Å². The Bertz CT molecular complexity index is 658. The summed E-state index contributed by atoms with van der Waals surface area (Å²) in [7, 11) is -0.261. The van der Waals surface area contributed by atoms with Gasteiger partial charge in [0.15, 0.2) is 0 Å². The maximum Gasteiger partial charge on any atom is -0.00876 e. The highest BCUT2D eigenvalue weighted by Crippen LogP contribution is 2.60. The fourth-order valence-electron chi connectivity index (χ4n) is 3.32. The van der Waals surface area contributed by atoms with Crippen LogP contribution in [0.1, 0.15) is 45.2 Å². The summed E-state index contributed by atoms with van der Waals surface area (Å²) in [6.07, 6.45) is 2.95. The van der Waals surface area contributed by atoms with Crippen LogP contribution in [0.4, 0.5) is 0 Å². The van der Waals surface area contributed by atoms with E-state index in [0.29, 0.717) is 11.3 Å². The quantitative estimate of drug-likeness (QED) is 0.280. The molecule has 0 aliphatic heterocycles. The lowest BCUT2D eigenvalue weighted by atomic mass is 9.99. The molecule has 2 aromatic rings. The third-order valence-corrected chi connectivity index (χ3v) is 7.44. The van der Waals surface area contributed by atoms with Crippen LogP contribution in [0, 0.1) is 0 Å². The summed E-state index contributed by atoms with van der Waals surface area (Å²) in [6, 6.07) is 21.8. The van der Waals surface area contributed by atoms with E-state index in [0.717, 1.165) is 6.42 Å². The molecule has 0 radical (unpaired) electrons. The molecule has 0 N–H and O–H groups in total. The second-order valence-electron chi connectivity index (χ2n) is 6.65. The summed E-state index contributed by atoms with van der Waals surface area (Å²) in [5.41, 5.74) is 5.43. The standard InChI is InChI=1S/C23H29P/c1-6-13-22(20-14-9-7-10-15-20)23(21-16-11-8-12-17-21)24(18(2)3)19(4)5/h6-12,14-19H,1,13H2,2-5H3/b23-22+. The molecule has 0 saturated carbocycles. The average molecular weight is 336 g/mol. The molecular weight excluding hydrogens is 307 g/mol. The van der Waals surface area contributed by atoms with Gasteiger partial charge in [-0.3, -0.25) is 0 Å². The Labute approximate surface area is 149 Å². The molecular formula is C23H29P. The first-order valence-corrected chi connectivity index (χ1v) is 10.3. The zero-order valence-corrected chi connectivity index (χ0v) is 16.3. The molecule has 0 heterocycles. The van der Waals surface area contributed by atoms with Gasteiger partial charge in [0.05, 0.1) is 0 Å². The van der Waals surface area contributed by atoms with Gasteiger partial charge in [0, 0.05) is 0 Å². The average Bonchev–Trinajstić information content (AvgIpc) is 2.58. The molecule has 0 fully saturated rings. The third kappa shape index (κ3) is 4.46. The number of hydrogen-bond donors (Lipinski definition) is 0. The van der Waals surface area contributed by atoms with Crippen LogP contribution >= 0.6 is 7.92 Å². The lowest BCUT2D eigenvalue weighted by molar-refractivity contribution is 1.02. The van der Waals surface area contributed by atoms with Gasteiger partial charge >= 0.3 is 0 Å². The van der Waals surface area contributed by atoms with Crippen molar-refractivity contribution in [2.45, 2.75) is 45.4 Å². The first-order valence-electron chi connectivity index (χ1n) is 8.79. The minimum atomic E-state index is -0.261.